The van der Waals surface area contributed by atoms with E-state index in [1.165, 1.54) is 0 Å². The Morgan fingerprint density at radius 2 is 2.27 bits per heavy atom. The molecule has 1 aliphatic rings. The predicted molar refractivity (Wildman–Crippen MR) is 90.9 cm³/mol. The Kier molecular flexibility index (Phi) is 4.96. The van der Waals surface area contributed by atoms with Crippen molar-refractivity contribution in [2.24, 2.45) is 0 Å². The molecule has 1 aliphatic carbocycles. The van der Waals surface area contributed by atoms with Crippen molar-refractivity contribution in [1.29, 1.82) is 0 Å². The lowest BCUT2D eigenvalue weighted by Crippen LogP contribution is -2.36. The Balaban J connectivity index is 1.76. The summed E-state index contributed by atoms with van der Waals surface area (Å²) in [6, 6.07) is 6.04. The van der Waals surface area contributed by atoms with Gasteiger partial charge in [0.2, 0.25) is 0 Å². The number of aromatic nitrogens is 1. The third-order valence-electron chi connectivity index (χ3n) is 4.07. The predicted octanol–water partition coefficient (Wildman–Crippen LogP) is 3.36. The molecule has 1 saturated carbocycles. The number of thiazole rings is 1. The SMILES string of the molecule is O=CC(Cl)Cc1ccc2nc(N[C@@H]3CCCC[C@H]3O)sc2c1. The fourth-order valence-corrected chi connectivity index (χ4v) is 4.04. The molecule has 0 spiro atoms. The van der Waals surface area contributed by atoms with Crippen LogP contribution in [0, 0.1) is 0 Å². The molecule has 1 aromatic carbocycles. The normalized spacial score (nSPS) is 23.4. The number of halogens is 1. The highest BCUT2D eigenvalue weighted by atomic mass is 35.5. The van der Waals surface area contributed by atoms with E-state index in [1.807, 2.05) is 18.2 Å². The third-order valence-corrected chi connectivity index (χ3v) is 5.28. The molecule has 0 saturated heterocycles. The zero-order valence-electron chi connectivity index (χ0n) is 12.2. The highest BCUT2D eigenvalue weighted by molar-refractivity contribution is 7.22. The molecule has 0 aliphatic heterocycles. The van der Waals surface area contributed by atoms with Crippen molar-refractivity contribution >= 4 is 44.6 Å². The molecule has 1 aromatic heterocycles. The zero-order valence-corrected chi connectivity index (χ0v) is 13.7. The maximum atomic E-state index is 10.7. The van der Waals surface area contributed by atoms with Gasteiger partial charge in [-0.15, -0.1) is 11.6 Å². The highest BCUT2D eigenvalue weighted by Gasteiger charge is 2.23. The number of aliphatic hydroxyl groups is 1. The standard InChI is InChI=1S/C16H19ClN2O2S/c17-11(9-20)7-10-5-6-13-15(8-10)22-16(19-13)18-12-3-1-2-4-14(12)21/h5-6,8-9,11-12,14,21H,1-4,7H2,(H,18,19)/t11?,12-,14-/m1/s1. The Labute approximate surface area is 138 Å². The summed E-state index contributed by atoms with van der Waals surface area (Å²) in [7, 11) is 0. The summed E-state index contributed by atoms with van der Waals surface area (Å²) >= 11 is 7.46. The van der Waals surface area contributed by atoms with E-state index in [2.05, 4.69) is 10.3 Å². The van der Waals surface area contributed by atoms with Gasteiger partial charge in [0.1, 0.15) is 6.29 Å². The number of carbonyl (C=O) groups is 1. The second kappa shape index (κ2) is 6.94. The first-order chi connectivity index (χ1) is 10.7. The quantitative estimate of drug-likeness (QED) is 0.648. The van der Waals surface area contributed by atoms with Crippen molar-refractivity contribution in [3.8, 4) is 0 Å². The molecule has 0 radical (unpaired) electrons. The number of aliphatic hydroxyl groups excluding tert-OH is 1. The van der Waals surface area contributed by atoms with Gasteiger partial charge < -0.3 is 15.2 Å². The number of hydrogen-bond donors (Lipinski definition) is 2. The molecule has 6 heteroatoms. The molecule has 118 valence electrons. The summed E-state index contributed by atoms with van der Waals surface area (Å²) in [5.41, 5.74) is 1.96. The van der Waals surface area contributed by atoms with Crippen LogP contribution in [0.1, 0.15) is 31.2 Å². The largest absolute Gasteiger partial charge is 0.391 e. The summed E-state index contributed by atoms with van der Waals surface area (Å²) in [5.74, 6) is 0. The minimum atomic E-state index is -0.486. The lowest BCUT2D eigenvalue weighted by atomic mass is 9.93. The average molecular weight is 339 g/mol. The van der Waals surface area contributed by atoms with Crippen molar-refractivity contribution in [3.63, 3.8) is 0 Å². The van der Waals surface area contributed by atoms with Gasteiger partial charge in [0.05, 0.1) is 27.7 Å². The van der Waals surface area contributed by atoms with Crippen molar-refractivity contribution in [1.82, 2.24) is 4.98 Å². The van der Waals surface area contributed by atoms with Crippen LogP contribution in [0.25, 0.3) is 10.2 Å². The van der Waals surface area contributed by atoms with E-state index in [9.17, 15) is 9.90 Å². The molecule has 1 heterocycles. The van der Waals surface area contributed by atoms with Crippen LogP contribution in [-0.2, 0) is 11.2 Å². The van der Waals surface area contributed by atoms with Crippen molar-refractivity contribution in [3.05, 3.63) is 23.8 Å². The summed E-state index contributed by atoms with van der Waals surface area (Å²) < 4.78 is 1.07. The van der Waals surface area contributed by atoms with Gasteiger partial charge >= 0.3 is 0 Å². The second-order valence-electron chi connectivity index (χ2n) is 5.78. The highest BCUT2D eigenvalue weighted by Crippen LogP contribution is 2.30. The van der Waals surface area contributed by atoms with Gasteiger partial charge in [-0.3, -0.25) is 0 Å². The summed E-state index contributed by atoms with van der Waals surface area (Å²) in [6.07, 6.45) is 5.08. The number of alkyl halides is 1. The molecular weight excluding hydrogens is 320 g/mol. The van der Waals surface area contributed by atoms with Crippen LogP contribution in [0.5, 0.6) is 0 Å². The Morgan fingerprint density at radius 3 is 3.05 bits per heavy atom. The number of benzene rings is 1. The third kappa shape index (κ3) is 3.59. The van der Waals surface area contributed by atoms with Crippen LogP contribution >= 0.6 is 22.9 Å². The monoisotopic (exact) mass is 338 g/mol. The fraction of sp³-hybridized carbons (Fsp3) is 0.500. The lowest BCUT2D eigenvalue weighted by Gasteiger charge is -2.27. The first-order valence-corrected chi connectivity index (χ1v) is 8.84. The van der Waals surface area contributed by atoms with E-state index in [0.717, 1.165) is 52.9 Å². The van der Waals surface area contributed by atoms with Crippen LogP contribution in [-0.4, -0.2) is 33.9 Å². The van der Waals surface area contributed by atoms with E-state index in [4.69, 9.17) is 11.6 Å². The van der Waals surface area contributed by atoms with Crippen LogP contribution in [0.2, 0.25) is 0 Å². The summed E-state index contributed by atoms with van der Waals surface area (Å²) in [4.78, 5) is 15.2. The number of hydrogen-bond acceptors (Lipinski definition) is 5. The molecule has 22 heavy (non-hydrogen) atoms. The molecule has 2 N–H and O–H groups in total. The van der Waals surface area contributed by atoms with E-state index in [-0.39, 0.29) is 12.1 Å². The van der Waals surface area contributed by atoms with Crippen molar-refractivity contribution < 1.29 is 9.90 Å². The Morgan fingerprint density at radius 1 is 1.45 bits per heavy atom. The topological polar surface area (TPSA) is 62.2 Å². The van der Waals surface area contributed by atoms with Crippen LogP contribution in [0.15, 0.2) is 18.2 Å². The van der Waals surface area contributed by atoms with E-state index >= 15 is 0 Å². The lowest BCUT2D eigenvalue weighted by molar-refractivity contribution is -0.107. The van der Waals surface area contributed by atoms with Gasteiger partial charge in [-0.1, -0.05) is 30.2 Å². The van der Waals surface area contributed by atoms with Gasteiger partial charge in [-0.2, -0.15) is 0 Å². The minimum Gasteiger partial charge on any atom is -0.391 e. The smallest absolute Gasteiger partial charge is 0.184 e. The number of fused-ring (bicyclic) bond motifs is 1. The first kappa shape index (κ1) is 15.7. The van der Waals surface area contributed by atoms with Crippen LogP contribution < -0.4 is 5.32 Å². The molecule has 0 amide bonds. The maximum Gasteiger partial charge on any atom is 0.184 e. The van der Waals surface area contributed by atoms with Gasteiger partial charge in [-0.25, -0.2) is 4.98 Å². The van der Waals surface area contributed by atoms with Crippen molar-refractivity contribution in [2.45, 2.75) is 49.6 Å². The number of aldehydes is 1. The average Bonchev–Trinajstić information content (AvgIpc) is 2.91. The summed E-state index contributed by atoms with van der Waals surface area (Å²) in [5, 5.41) is 13.8. The Hall–Kier alpha value is -1.17. The maximum absolute atomic E-state index is 10.7. The number of carbonyl (C=O) groups excluding carboxylic acids is 1. The molecule has 3 atom stereocenters. The molecule has 0 bridgehead atoms. The zero-order chi connectivity index (χ0) is 15.5. The number of rotatable bonds is 5. The van der Waals surface area contributed by atoms with E-state index < -0.39 is 5.38 Å². The second-order valence-corrected chi connectivity index (χ2v) is 7.37. The molecule has 1 unspecified atom stereocenters. The number of anilines is 1. The van der Waals surface area contributed by atoms with Gasteiger partial charge in [0, 0.05) is 0 Å². The van der Waals surface area contributed by atoms with Gasteiger partial charge in [0.15, 0.2) is 5.13 Å². The van der Waals surface area contributed by atoms with E-state index in [0.29, 0.717) is 6.42 Å². The van der Waals surface area contributed by atoms with Gasteiger partial charge in [-0.05, 0) is 37.0 Å². The summed E-state index contributed by atoms with van der Waals surface area (Å²) in [6.45, 7) is 0. The molecule has 2 aromatic rings. The Bertz CT molecular complexity index is 661. The van der Waals surface area contributed by atoms with Crippen molar-refractivity contribution in [2.75, 3.05) is 5.32 Å². The molecule has 3 rings (SSSR count). The fourth-order valence-electron chi connectivity index (χ4n) is 2.87. The minimum absolute atomic E-state index is 0.0936. The van der Waals surface area contributed by atoms with E-state index in [1.54, 1.807) is 11.3 Å². The van der Waals surface area contributed by atoms with Gasteiger partial charge in [0.25, 0.3) is 0 Å². The number of nitrogens with zero attached hydrogens (tertiary/aromatic N) is 1. The molecule has 4 nitrogen and oxygen atoms in total. The first-order valence-electron chi connectivity index (χ1n) is 7.59. The molecular formula is C16H19ClN2O2S. The van der Waals surface area contributed by atoms with Crippen LogP contribution in [0.3, 0.4) is 0 Å². The molecule has 1 fully saturated rings. The number of nitrogens with one attached hydrogen (secondary N) is 1. The van der Waals surface area contributed by atoms with Crippen LogP contribution in [0.4, 0.5) is 5.13 Å².